The summed E-state index contributed by atoms with van der Waals surface area (Å²) >= 11 is 1.44. The molecule has 1 aliphatic heterocycles. The molecule has 2 heterocycles. The Morgan fingerprint density at radius 1 is 1.67 bits per heavy atom. The maximum absolute atomic E-state index is 5.58. The standard InChI is InChI=1S/C7H11N3OS/c1-2-6(4-8-3-1)11-7-10-9-5-12-7/h5-6,8H,1-4H2/t6-/m0/s1. The van der Waals surface area contributed by atoms with Gasteiger partial charge >= 0.3 is 0 Å². The molecule has 0 aromatic carbocycles. The SMILES string of the molecule is c1nnc(O[C@H]2CCCNC2)s1. The lowest BCUT2D eigenvalue weighted by Gasteiger charge is -2.21. The summed E-state index contributed by atoms with van der Waals surface area (Å²) in [7, 11) is 0. The van der Waals surface area contributed by atoms with Crippen LogP contribution in [0.5, 0.6) is 5.19 Å². The maximum atomic E-state index is 5.58. The number of hydrogen-bond donors (Lipinski definition) is 1. The summed E-state index contributed by atoms with van der Waals surface area (Å²) in [5.41, 5.74) is 1.69. The van der Waals surface area contributed by atoms with Crippen molar-refractivity contribution in [3.8, 4) is 5.19 Å². The first-order chi connectivity index (χ1) is 5.95. The molecule has 1 aromatic rings. The van der Waals surface area contributed by atoms with Gasteiger partial charge in [0.15, 0.2) is 0 Å². The molecule has 1 aromatic heterocycles. The average Bonchev–Trinajstić information content (AvgIpc) is 2.59. The Hall–Kier alpha value is -0.680. The van der Waals surface area contributed by atoms with Crippen LogP contribution < -0.4 is 10.1 Å². The summed E-state index contributed by atoms with van der Waals surface area (Å²) in [5.74, 6) is 0. The molecule has 0 saturated carbocycles. The molecule has 66 valence electrons. The average molecular weight is 185 g/mol. The van der Waals surface area contributed by atoms with E-state index in [0.29, 0.717) is 5.19 Å². The summed E-state index contributed by atoms with van der Waals surface area (Å²) < 4.78 is 5.58. The lowest BCUT2D eigenvalue weighted by molar-refractivity contribution is 0.165. The highest BCUT2D eigenvalue weighted by molar-refractivity contribution is 7.11. The van der Waals surface area contributed by atoms with Gasteiger partial charge in [0, 0.05) is 6.54 Å². The van der Waals surface area contributed by atoms with Crippen LogP contribution in [0, 0.1) is 0 Å². The van der Waals surface area contributed by atoms with E-state index in [4.69, 9.17) is 4.74 Å². The van der Waals surface area contributed by atoms with Crippen molar-refractivity contribution in [3.05, 3.63) is 5.51 Å². The zero-order valence-electron chi connectivity index (χ0n) is 6.69. The minimum atomic E-state index is 0.284. The van der Waals surface area contributed by atoms with Crippen LogP contribution in [-0.4, -0.2) is 29.4 Å². The van der Waals surface area contributed by atoms with Gasteiger partial charge in [0.2, 0.25) is 0 Å². The van der Waals surface area contributed by atoms with Crippen LogP contribution in [0.4, 0.5) is 0 Å². The number of rotatable bonds is 2. The molecule has 4 nitrogen and oxygen atoms in total. The van der Waals surface area contributed by atoms with Crippen LogP contribution in [0.25, 0.3) is 0 Å². The van der Waals surface area contributed by atoms with Gasteiger partial charge in [-0.2, -0.15) is 0 Å². The highest BCUT2D eigenvalue weighted by Gasteiger charge is 2.15. The van der Waals surface area contributed by atoms with Crippen LogP contribution in [0.15, 0.2) is 5.51 Å². The van der Waals surface area contributed by atoms with Gasteiger partial charge in [-0.15, -0.1) is 10.2 Å². The predicted octanol–water partition coefficient (Wildman–Crippen LogP) is 0.669. The predicted molar refractivity (Wildman–Crippen MR) is 46.4 cm³/mol. The number of nitrogens with one attached hydrogen (secondary N) is 1. The quantitative estimate of drug-likeness (QED) is 0.735. The zero-order chi connectivity index (χ0) is 8.23. The molecule has 0 radical (unpaired) electrons. The summed E-state index contributed by atoms with van der Waals surface area (Å²) in [6, 6.07) is 0. The van der Waals surface area contributed by atoms with Crippen molar-refractivity contribution in [1.82, 2.24) is 15.5 Å². The third-order valence-corrected chi connectivity index (χ3v) is 2.44. The van der Waals surface area contributed by atoms with E-state index < -0.39 is 0 Å². The molecule has 1 fully saturated rings. The fourth-order valence-corrected chi connectivity index (χ4v) is 1.75. The zero-order valence-corrected chi connectivity index (χ0v) is 7.51. The van der Waals surface area contributed by atoms with Crippen molar-refractivity contribution in [2.24, 2.45) is 0 Å². The van der Waals surface area contributed by atoms with Crippen molar-refractivity contribution < 1.29 is 4.74 Å². The monoisotopic (exact) mass is 185 g/mol. The molecule has 0 aliphatic carbocycles. The van der Waals surface area contributed by atoms with Gasteiger partial charge in [-0.05, 0) is 19.4 Å². The topological polar surface area (TPSA) is 47.0 Å². The molecule has 2 rings (SSSR count). The van der Waals surface area contributed by atoms with Gasteiger partial charge in [0.25, 0.3) is 5.19 Å². The Kier molecular flexibility index (Phi) is 2.53. The summed E-state index contributed by atoms with van der Waals surface area (Å²) in [6.45, 7) is 2.04. The molecule has 0 spiro atoms. The van der Waals surface area contributed by atoms with Gasteiger partial charge in [0.05, 0.1) is 0 Å². The van der Waals surface area contributed by atoms with Crippen molar-refractivity contribution in [2.45, 2.75) is 18.9 Å². The Morgan fingerprint density at radius 2 is 2.67 bits per heavy atom. The Morgan fingerprint density at radius 3 is 3.33 bits per heavy atom. The normalized spacial score (nSPS) is 23.8. The van der Waals surface area contributed by atoms with E-state index in [1.54, 1.807) is 5.51 Å². The van der Waals surface area contributed by atoms with E-state index in [1.165, 1.54) is 17.8 Å². The molecule has 1 saturated heterocycles. The molecule has 5 heteroatoms. The van der Waals surface area contributed by atoms with Crippen molar-refractivity contribution in [3.63, 3.8) is 0 Å². The van der Waals surface area contributed by atoms with Crippen LogP contribution in [-0.2, 0) is 0 Å². The minimum absolute atomic E-state index is 0.284. The van der Waals surface area contributed by atoms with E-state index >= 15 is 0 Å². The number of aromatic nitrogens is 2. The second-order valence-corrected chi connectivity index (χ2v) is 3.59. The Labute approximate surface area is 75.0 Å². The van der Waals surface area contributed by atoms with Crippen molar-refractivity contribution >= 4 is 11.3 Å². The molecule has 0 unspecified atom stereocenters. The molecular formula is C7H11N3OS. The summed E-state index contributed by atoms with van der Waals surface area (Å²) in [5, 5.41) is 11.5. The Balaban J connectivity index is 1.86. The first-order valence-electron chi connectivity index (χ1n) is 4.09. The smallest absolute Gasteiger partial charge is 0.294 e. The molecule has 1 aliphatic rings. The first-order valence-corrected chi connectivity index (χ1v) is 4.96. The van der Waals surface area contributed by atoms with Crippen molar-refractivity contribution in [1.29, 1.82) is 0 Å². The number of nitrogens with zero attached hydrogens (tertiary/aromatic N) is 2. The van der Waals surface area contributed by atoms with Crippen LogP contribution >= 0.6 is 11.3 Å². The van der Waals surface area contributed by atoms with Gasteiger partial charge in [-0.3, -0.25) is 0 Å². The van der Waals surface area contributed by atoms with E-state index in [1.807, 2.05) is 0 Å². The maximum Gasteiger partial charge on any atom is 0.294 e. The van der Waals surface area contributed by atoms with Gasteiger partial charge in [0.1, 0.15) is 11.6 Å². The van der Waals surface area contributed by atoms with Crippen LogP contribution in [0.2, 0.25) is 0 Å². The van der Waals surface area contributed by atoms with E-state index in [0.717, 1.165) is 19.5 Å². The van der Waals surface area contributed by atoms with E-state index in [2.05, 4.69) is 15.5 Å². The number of piperidine rings is 1. The lowest BCUT2D eigenvalue weighted by Crippen LogP contribution is -2.37. The third-order valence-electron chi connectivity index (χ3n) is 1.86. The van der Waals surface area contributed by atoms with E-state index in [-0.39, 0.29) is 6.10 Å². The van der Waals surface area contributed by atoms with Gasteiger partial charge in [-0.1, -0.05) is 11.3 Å². The van der Waals surface area contributed by atoms with Gasteiger partial charge < -0.3 is 10.1 Å². The molecule has 12 heavy (non-hydrogen) atoms. The molecule has 1 atom stereocenters. The first kappa shape index (κ1) is 7.94. The van der Waals surface area contributed by atoms with E-state index in [9.17, 15) is 0 Å². The second kappa shape index (κ2) is 3.82. The Bertz CT molecular complexity index is 221. The summed E-state index contributed by atoms with van der Waals surface area (Å²) in [4.78, 5) is 0. The number of hydrogen-bond acceptors (Lipinski definition) is 5. The van der Waals surface area contributed by atoms with Crippen LogP contribution in [0.3, 0.4) is 0 Å². The largest absolute Gasteiger partial charge is 0.464 e. The highest BCUT2D eigenvalue weighted by Crippen LogP contribution is 2.16. The number of ether oxygens (including phenoxy) is 1. The lowest BCUT2D eigenvalue weighted by atomic mass is 10.1. The fraction of sp³-hybridized carbons (Fsp3) is 0.714. The molecule has 1 N–H and O–H groups in total. The van der Waals surface area contributed by atoms with Crippen LogP contribution in [0.1, 0.15) is 12.8 Å². The van der Waals surface area contributed by atoms with Gasteiger partial charge in [-0.25, -0.2) is 0 Å². The highest BCUT2D eigenvalue weighted by atomic mass is 32.1. The molecular weight excluding hydrogens is 174 g/mol. The fourth-order valence-electron chi connectivity index (χ4n) is 1.28. The third kappa shape index (κ3) is 1.92. The van der Waals surface area contributed by atoms with Crippen molar-refractivity contribution in [2.75, 3.05) is 13.1 Å². The summed E-state index contributed by atoms with van der Waals surface area (Å²) in [6.07, 6.45) is 2.59. The molecule has 0 bridgehead atoms. The second-order valence-electron chi connectivity index (χ2n) is 2.79. The molecule has 0 amide bonds. The minimum Gasteiger partial charge on any atom is -0.464 e.